The largest absolute Gasteiger partial charge is 0.390 e. The standard InChI is InChI=1S/C12H19ClN2O3S/c1-2-7-15-19(17,18)12-5-3-10(4-6-12)14-9-11(16)8-13/h3-6,11,14-16H,2,7-9H2,1H3. The molecule has 0 saturated heterocycles. The van der Waals surface area contributed by atoms with E-state index in [1.807, 2.05) is 6.92 Å². The lowest BCUT2D eigenvalue weighted by atomic mass is 10.3. The Kier molecular flexibility index (Phi) is 6.57. The molecule has 1 unspecified atom stereocenters. The van der Waals surface area contributed by atoms with Crippen molar-refractivity contribution in [2.45, 2.75) is 24.3 Å². The Morgan fingerprint density at radius 2 is 1.95 bits per heavy atom. The third kappa shape index (κ3) is 5.36. The zero-order chi connectivity index (χ0) is 14.3. The number of anilines is 1. The molecule has 0 bridgehead atoms. The number of benzene rings is 1. The van der Waals surface area contributed by atoms with Gasteiger partial charge in [0.05, 0.1) is 16.9 Å². The van der Waals surface area contributed by atoms with Crippen LogP contribution in [0.25, 0.3) is 0 Å². The molecule has 0 amide bonds. The number of aliphatic hydroxyl groups is 1. The molecule has 0 spiro atoms. The number of alkyl halides is 1. The number of sulfonamides is 1. The van der Waals surface area contributed by atoms with E-state index in [2.05, 4.69) is 10.0 Å². The lowest BCUT2D eigenvalue weighted by Crippen LogP contribution is -2.24. The average Bonchev–Trinajstić information content (AvgIpc) is 2.43. The van der Waals surface area contributed by atoms with Gasteiger partial charge in [-0.05, 0) is 30.7 Å². The van der Waals surface area contributed by atoms with Crippen LogP contribution in [0, 0.1) is 0 Å². The molecule has 108 valence electrons. The topological polar surface area (TPSA) is 78.4 Å². The van der Waals surface area contributed by atoms with Crippen LogP contribution in [0.2, 0.25) is 0 Å². The van der Waals surface area contributed by atoms with Crippen LogP contribution < -0.4 is 10.0 Å². The Labute approximate surface area is 119 Å². The minimum Gasteiger partial charge on any atom is -0.390 e. The van der Waals surface area contributed by atoms with Crippen molar-refractivity contribution >= 4 is 27.3 Å². The van der Waals surface area contributed by atoms with Crippen LogP contribution in [0.1, 0.15) is 13.3 Å². The van der Waals surface area contributed by atoms with Crippen LogP contribution in [-0.2, 0) is 10.0 Å². The average molecular weight is 307 g/mol. The minimum absolute atomic E-state index is 0.153. The number of hydrogen-bond acceptors (Lipinski definition) is 4. The van der Waals surface area contributed by atoms with Gasteiger partial charge in [-0.3, -0.25) is 0 Å². The van der Waals surface area contributed by atoms with Crippen LogP contribution in [0.5, 0.6) is 0 Å². The van der Waals surface area contributed by atoms with Gasteiger partial charge < -0.3 is 10.4 Å². The number of aliphatic hydroxyl groups excluding tert-OH is 1. The molecule has 1 atom stereocenters. The summed E-state index contributed by atoms with van der Waals surface area (Å²) in [6.07, 6.45) is 0.117. The van der Waals surface area contributed by atoms with E-state index in [1.54, 1.807) is 12.1 Å². The number of rotatable bonds is 8. The van der Waals surface area contributed by atoms with Gasteiger partial charge in [-0.15, -0.1) is 11.6 Å². The molecule has 0 aromatic heterocycles. The maximum absolute atomic E-state index is 11.8. The lowest BCUT2D eigenvalue weighted by Gasteiger charge is -2.11. The Balaban J connectivity index is 2.65. The number of hydrogen-bond donors (Lipinski definition) is 3. The van der Waals surface area contributed by atoms with E-state index < -0.39 is 16.1 Å². The van der Waals surface area contributed by atoms with E-state index in [0.29, 0.717) is 13.1 Å². The predicted molar refractivity (Wildman–Crippen MR) is 77.1 cm³/mol. The summed E-state index contributed by atoms with van der Waals surface area (Å²) in [5.41, 5.74) is 0.735. The molecule has 3 N–H and O–H groups in total. The summed E-state index contributed by atoms with van der Waals surface area (Å²) < 4.78 is 26.1. The molecule has 7 heteroatoms. The fourth-order valence-corrected chi connectivity index (χ4v) is 2.60. The van der Waals surface area contributed by atoms with Gasteiger partial charge in [0.25, 0.3) is 0 Å². The van der Waals surface area contributed by atoms with E-state index in [1.165, 1.54) is 12.1 Å². The maximum Gasteiger partial charge on any atom is 0.240 e. The molecule has 0 aliphatic heterocycles. The van der Waals surface area contributed by atoms with Crippen molar-refractivity contribution in [3.8, 4) is 0 Å². The summed E-state index contributed by atoms with van der Waals surface area (Å²) in [6, 6.07) is 6.35. The van der Waals surface area contributed by atoms with Crippen LogP contribution in [-0.4, -0.2) is 38.6 Å². The molecule has 0 fully saturated rings. The van der Waals surface area contributed by atoms with E-state index in [9.17, 15) is 13.5 Å². The van der Waals surface area contributed by atoms with E-state index in [-0.39, 0.29) is 10.8 Å². The monoisotopic (exact) mass is 306 g/mol. The van der Waals surface area contributed by atoms with Crippen molar-refractivity contribution in [2.24, 2.45) is 0 Å². The first-order valence-electron chi connectivity index (χ1n) is 6.07. The van der Waals surface area contributed by atoms with Crippen LogP contribution >= 0.6 is 11.6 Å². The fraction of sp³-hybridized carbons (Fsp3) is 0.500. The summed E-state index contributed by atoms with van der Waals surface area (Å²) in [5, 5.41) is 12.3. The number of nitrogens with one attached hydrogen (secondary N) is 2. The minimum atomic E-state index is -3.42. The third-order valence-corrected chi connectivity index (χ3v) is 4.26. The molecule has 0 aliphatic carbocycles. The Bertz CT molecular complexity index is 476. The van der Waals surface area contributed by atoms with Crippen molar-refractivity contribution in [1.29, 1.82) is 0 Å². The van der Waals surface area contributed by atoms with Crippen molar-refractivity contribution in [2.75, 3.05) is 24.3 Å². The molecule has 0 heterocycles. The summed E-state index contributed by atoms with van der Waals surface area (Å²) in [4.78, 5) is 0.226. The van der Waals surface area contributed by atoms with Gasteiger partial charge in [0, 0.05) is 18.8 Å². The summed E-state index contributed by atoms with van der Waals surface area (Å²) in [6.45, 7) is 2.64. The second-order valence-electron chi connectivity index (χ2n) is 4.11. The molecular formula is C12H19ClN2O3S. The predicted octanol–water partition coefficient (Wildman–Crippen LogP) is 1.39. The smallest absolute Gasteiger partial charge is 0.240 e. The van der Waals surface area contributed by atoms with E-state index in [4.69, 9.17) is 11.6 Å². The van der Waals surface area contributed by atoms with Crippen molar-refractivity contribution in [3.63, 3.8) is 0 Å². The van der Waals surface area contributed by atoms with Gasteiger partial charge in [0.15, 0.2) is 0 Å². The Morgan fingerprint density at radius 3 is 2.47 bits per heavy atom. The van der Waals surface area contributed by atoms with Gasteiger partial charge in [0.1, 0.15) is 0 Å². The van der Waals surface area contributed by atoms with Gasteiger partial charge in [-0.2, -0.15) is 0 Å². The molecule has 0 aliphatic rings. The highest BCUT2D eigenvalue weighted by Gasteiger charge is 2.12. The Hall–Kier alpha value is -0.820. The van der Waals surface area contributed by atoms with E-state index >= 15 is 0 Å². The molecule has 1 rings (SSSR count). The molecule has 0 radical (unpaired) electrons. The van der Waals surface area contributed by atoms with Gasteiger partial charge in [-0.1, -0.05) is 6.92 Å². The van der Waals surface area contributed by atoms with Crippen molar-refractivity contribution in [1.82, 2.24) is 4.72 Å². The van der Waals surface area contributed by atoms with Crippen molar-refractivity contribution < 1.29 is 13.5 Å². The van der Waals surface area contributed by atoms with Gasteiger partial charge in [-0.25, -0.2) is 13.1 Å². The fourth-order valence-electron chi connectivity index (χ4n) is 1.36. The highest BCUT2D eigenvalue weighted by molar-refractivity contribution is 7.89. The van der Waals surface area contributed by atoms with E-state index in [0.717, 1.165) is 12.1 Å². The van der Waals surface area contributed by atoms with Crippen LogP contribution in [0.4, 0.5) is 5.69 Å². The van der Waals surface area contributed by atoms with Crippen molar-refractivity contribution in [3.05, 3.63) is 24.3 Å². The summed E-state index contributed by atoms with van der Waals surface area (Å²) in [5.74, 6) is 0.153. The first-order valence-corrected chi connectivity index (χ1v) is 8.09. The zero-order valence-corrected chi connectivity index (χ0v) is 12.3. The molecule has 19 heavy (non-hydrogen) atoms. The van der Waals surface area contributed by atoms with Crippen LogP contribution in [0.15, 0.2) is 29.2 Å². The van der Waals surface area contributed by atoms with Crippen LogP contribution in [0.3, 0.4) is 0 Å². The second kappa shape index (κ2) is 7.69. The molecule has 1 aromatic carbocycles. The van der Waals surface area contributed by atoms with Gasteiger partial charge in [0.2, 0.25) is 10.0 Å². The normalized spacial score (nSPS) is 13.2. The Morgan fingerprint density at radius 1 is 1.32 bits per heavy atom. The number of halogens is 1. The second-order valence-corrected chi connectivity index (χ2v) is 6.19. The lowest BCUT2D eigenvalue weighted by molar-refractivity contribution is 0.211. The zero-order valence-electron chi connectivity index (χ0n) is 10.8. The molecular weight excluding hydrogens is 288 g/mol. The first-order chi connectivity index (χ1) is 8.99. The third-order valence-electron chi connectivity index (χ3n) is 2.43. The highest BCUT2D eigenvalue weighted by atomic mass is 35.5. The highest BCUT2D eigenvalue weighted by Crippen LogP contribution is 2.14. The quantitative estimate of drug-likeness (QED) is 0.634. The summed E-state index contributed by atoms with van der Waals surface area (Å²) >= 11 is 5.47. The maximum atomic E-state index is 11.8. The molecule has 0 saturated carbocycles. The molecule has 5 nitrogen and oxygen atoms in total. The first kappa shape index (κ1) is 16.2. The SMILES string of the molecule is CCCNS(=O)(=O)c1ccc(NCC(O)CCl)cc1. The summed E-state index contributed by atoms with van der Waals surface area (Å²) in [7, 11) is -3.42. The molecule has 1 aromatic rings. The van der Waals surface area contributed by atoms with Gasteiger partial charge >= 0.3 is 0 Å².